The summed E-state index contributed by atoms with van der Waals surface area (Å²) in [5.41, 5.74) is 4.80. The molecule has 5 aromatic rings. The summed E-state index contributed by atoms with van der Waals surface area (Å²) in [6.07, 6.45) is 8.30. The van der Waals surface area contributed by atoms with Gasteiger partial charge < -0.3 is 29.7 Å². The fraction of sp³-hybridized carbons (Fsp3) is 0.367. The van der Waals surface area contributed by atoms with Gasteiger partial charge in [0.15, 0.2) is 17.2 Å². The summed E-state index contributed by atoms with van der Waals surface area (Å²) in [7, 11) is 3.48. The van der Waals surface area contributed by atoms with E-state index in [4.69, 9.17) is 24.2 Å². The van der Waals surface area contributed by atoms with Crippen LogP contribution < -0.4 is 20.3 Å². The van der Waals surface area contributed by atoms with Crippen molar-refractivity contribution >= 4 is 39.9 Å². The molecular weight excluding hydrogens is 548 g/mol. The van der Waals surface area contributed by atoms with Crippen LogP contribution in [0.2, 0.25) is 0 Å². The van der Waals surface area contributed by atoms with Crippen LogP contribution in [0.5, 0.6) is 5.75 Å². The van der Waals surface area contributed by atoms with Gasteiger partial charge >= 0.3 is 0 Å². The largest absolute Gasteiger partial charge is 0.494 e. The molecule has 4 aromatic heterocycles. The van der Waals surface area contributed by atoms with Crippen LogP contribution in [0.15, 0.2) is 55.2 Å². The molecule has 2 aliphatic heterocycles. The van der Waals surface area contributed by atoms with E-state index < -0.39 is 0 Å². The molecule has 13 heteroatoms. The highest BCUT2D eigenvalue weighted by Crippen LogP contribution is 2.39. The third-order valence-corrected chi connectivity index (χ3v) is 7.71. The van der Waals surface area contributed by atoms with E-state index >= 15 is 0 Å². The average Bonchev–Trinajstić information content (AvgIpc) is 3.69. The molecule has 0 amide bonds. The first kappa shape index (κ1) is 27.1. The van der Waals surface area contributed by atoms with Gasteiger partial charge in [-0.05, 0) is 43.5 Å². The molecule has 2 N–H and O–H groups in total. The number of ether oxygens (including phenoxy) is 3. The van der Waals surface area contributed by atoms with E-state index in [0.717, 1.165) is 80.3 Å². The summed E-state index contributed by atoms with van der Waals surface area (Å²) >= 11 is 0. The standard InChI is InChI=1S/C30H34N10O3/c1-38-18-33-29(37-38)21-6-5-7-22(28(21)41-2)34-23-16-25(35-24-10-9-20(17-31-24)39-11-14-42-15-12-39)36-30-27(23)32-19-40(30)26-8-3-4-13-43-26/h5-7,9-10,16-19,26H,3-4,8,11-15H2,1-2H3,(H2,31,34,35,36). The van der Waals surface area contributed by atoms with Crippen molar-refractivity contribution in [3.63, 3.8) is 0 Å². The van der Waals surface area contributed by atoms with Crippen molar-refractivity contribution in [2.24, 2.45) is 7.05 Å². The molecule has 13 nitrogen and oxygen atoms in total. The Morgan fingerprint density at radius 3 is 2.58 bits per heavy atom. The highest BCUT2D eigenvalue weighted by Gasteiger charge is 2.22. The van der Waals surface area contributed by atoms with E-state index in [9.17, 15) is 0 Å². The van der Waals surface area contributed by atoms with E-state index in [1.807, 2.05) is 54.5 Å². The molecule has 0 spiro atoms. The van der Waals surface area contributed by atoms with Gasteiger partial charge in [-0.15, -0.1) is 0 Å². The van der Waals surface area contributed by atoms with Gasteiger partial charge in [0.2, 0.25) is 0 Å². The Morgan fingerprint density at radius 2 is 1.84 bits per heavy atom. The Morgan fingerprint density at radius 1 is 0.930 bits per heavy atom. The van der Waals surface area contributed by atoms with Crippen LogP contribution >= 0.6 is 0 Å². The third kappa shape index (κ3) is 5.56. The van der Waals surface area contributed by atoms with Crippen LogP contribution in [0.25, 0.3) is 22.6 Å². The second-order valence-corrected chi connectivity index (χ2v) is 10.6. The second-order valence-electron chi connectivity index (χ2n) is 10.6. The van der Waals surface area contributed by atoms with Gasteiger partial charge in [0.05, 0.1) is 55.5 Å². The lowest BCUT2D eigenvalue weighted by Crippen LogP contribution is -2.36. The fourth-order valence-electron chi connectivity index (χ4n) is 5.56. The number of nitrogens with zero attached hydrogens (tertiary/aromatic N) is 8. The molecule has 1 unspecified atom stereocenters. The smallest absolute Gasteiger partial charge is 0.184 e. The van der Waals surface area contributed by atoms with E-state index in [0.29, 0.717) is 28.9 Å². The normalized spacial score (nSPS) is 17.3. The maximum Gasteiger partial charge on any atom is 0.184 e. The highest BCUT2D eigenvalue weighted by molar-refractivity contribution is 5.92. The number of para-hydroxylation sites is 1. The van der Waals surface area contributed by atoms with Crippen LogP contribution in [0, 0.1) is 0 Å². The zero-order valence-electron chi connectivity index (χ0n) is 24.2. The van der Waals surface area contributed by atoms with E-state index in [1.165, 1.54) is 0 Å². The van der Waals surface area contributed by atoms with Crippen LogP contribution in [0.1, 0.15) is 25.5 Å². The average molecular weight is 583 g/mol. The molecule has 0 radical (unpaired) electrons. The van der Waals surface area contributed by atoms with Crippen molar-refractivity contribution < 1.29 is 14.2 Å². The molecule has 43 heavy (non-hydrogen) atoms. The molecule has 2 saturated heterocycles. The number of fused-ring (bicyclic) bond motifs is 1. The quantitative estimate of drug-likeness (QED) is 0.265. The summed E-state index contributed by atoms with van der Waals surface area (Å²) in [5.74, 6) is 2.52. The SMILES string of the molecule is COc1c(Nc2cc(Nc3ccc(N4CCOCC4)cn3)nc3c2ncn3C2CCCCO2)cccc1-c1ncn(C)n1. The van der Waals surface area contributed by atoms with Crippen molar-refractivity contribution in [2.75, 3.05) is 55.6 Å². The molecule has 2 aliphatic rings. The minimum atomic E-state index is -0.117. The Bertz CT molecular complexity index is 1710. The Kier molecular flexibility index (Phi) is 7.47. The van der Waals surface area contributed by atoms with Gasteiger partial charge in [0, 0.05) is 32.8 Å². The molecule has 222 valence electrons. The lowest BCUT2D eigenvalue weighted by Gasteiger charge is -2.28. The number of benzene rings is 1. The lowest BCUT2D eigenvalue weighted by atomic mass is 10.1. The van der Waals surface area contributed by atoms with E-state index in [2.05, 4.69) is 36.7 Å². The van der Waals surface area contributed by atoms with Crippen LogP contribution in [-0.2, 0) is 16.5 Å². The number of methoxy groups -OCH3 is 1. The van der Waals surface area contributed by atoms with Gasteiger partial charge in [-0.25, -0.2) is 19.9 Å². The molecule has 1 aromatic carbocycles. The molecule has 0 bridgehead atoms. The Balaban J connectivity index is 1.25. The zero-order valence-corrected chi connectivity index (χ0v) is 24.2. The lowest BCUT2D eigenvalue weighted by molar-refractivity contribution is -0.0298. The van der Waals surface area contributed by atoms with Crippen molar-refractivity contribution in [1.82, 2.24) is 34.3 Å². The number of nitrogens with one attached hydrogen (secondary N) is 2. The van der Waals surface area contributed by atoms with Gasteiger partial charge in [-0.1, -0.05) is 6.07 Å². The predicted molar refractivity (Wildman–Crippen MR) is 163 cm³/mol. The van der Waals surface area contributed by atoms with Crippen LogP contribution in [-0.4, -0.2) is 74.3 Å². The highest BCUT2D eigenvalue weighted by atomic mass is 16.5. The predicted octanol–water partition coefficient (Wildman–Crippen LogP) is 4.65. The number of hydrogen-bond donors (Lipinski definition) is 2. The maximum absolute atomic E-state index is 6.10. The number of anilines is 5. The van der Waals surface area contributed by atoms with E-state index in [-0.39, 0.29) is 6.23 Å². The van der Waals surface area contributed by atoms with Crippen molar-refractivity contribution in [3.8, 4) is 17.1 Å². The third-order valence-electron chi connectivity index (χ3n) is 7.71. The molecule has 2 fully saturated rings. The first-order valence-corrected chi connectivity index (χ1v) is 14.5. The minimum absolute atomic E-state index is 0.117. The first-order chi connectivity index (χ1) is 21.2. The topological polar surface area (TPSA) is 129 Å². The van der Waals surface area contributed by atoms with Crippen molar-refractivity contribution in [2.45, 2.75) is 25.5 Å². The summed E-state index contributed by atoms with van der Waals surface area (Å²) in [6, 6.07) is 11.8. The number of hydrogen-bond acceptors (Lipinski definition) is 11. The summed E-state index contributed by atoms with van der Waals surface area (Å²) in [4.78, 5) is 21.1. The number of pyridine rings is 2. The summed E-state index contributed by atoms with van der Waals surface area (Å²) in [5, 5.41) is 11.4. The molecule has 0 saturated carbocycles. The monoisotopic (exact) mass is 582 g/mol. The minimum Gasteiger partial charge on any atom is -0.494 e. The zero-order chi connectivity index (χ0) is 29.2. The maximum atomic E-state index is 6.10. The van der Waals surface area contributed by atoms with Crippen LogP contribution in [0.4, 0.5) is 28.7 Å². The van der Waals surface area contributed by atoms with Gasteiger partial charge in [0.25, 0.3) is 0 Å². The van der Waals surface area contributed by atoms with E-state index in [1.54, 1.807) is 18.1 Å². The van der Waals surface area contributed by atoms with Gasteiger partial charge in [-0.2, -0.15) is 5.10 Å². The Hall–Kier alpha value is -4.75. The molecule has 7 rings (SSSR count). The van der Waals surface area contributed by atoms with Crippen molar-refractivity contribution in [1.29, 1.82) is 0 Å². The Labute approximate surface area is 248 Å². The fourth-order valence-corrected chi connectivity index (χ4v) is 5.56. The summed E-state index contributed by atoms with van der Waals surface area (Å²) < 4.78 is 21.1. The second kappa shape index (κ2) is 11.9. The van der Waals surface area contributed by atoms with Gasteiger partial charge in [-0.3, -0.25) is 9.25 Å². The molecule has 6 heterocycles. The number of rotatable bonds is 8. The number of imidazole rings is 1. The molecule has 1 atom stereocenters. The van der Waals surface area contributed by atoms with Gasteiger partial charge in [0.1, 0.15) is 29.7 Å². The molecule has 0 aliphatic carbocycles. The summed E-state index contributed by atoms with van der Waals surface area (Å²) in [6.45, 7) is 3.89. The number of aryl methyl sites for hydroxylation is 1. The first-order valence-electron chi connectivity index (χ1n) is 14.5. The molecular formula is C30H34N10O3. The number of aromatic nitrogens is 7. The number of morpholine rings is 1. The van der Waals surface area contributed by atoms with Crippen LogP contribution in [0.3, 0.4) is 0 Å². The van der Waals surface area contributed by atoms with Crippen molar-refractivity contribution in [3.05, 3.63) is 55.2 Å².